The number of fused-ring (bicyclic) bond motifs is 1. The van der Waals surface area contributed by atoms with Crippen molar-refractivity contribution >= 4 is 15.9 Å². The van der Waals surface area contributed by atoms with E-state index in [9.17, 15) is 13.2 Å². The van der Waals surface area contributed by atoms with Crippen LogP contribution in [0.3, 0.4) is 0 Å². The standard InChI is InChI=1S/C21H31N3O3S/c1-17-7-9-23(10-8-17)21(25)16-22-11-13-24(14-12-22)28(26,27)20-6-5-18-3-2-4-19(18)15-20/h5-6,15,17H,2-4,7-14,16H2,1H3/p+1. The van der Waals surface area contributed by atoms with Gasteiger partial charge in [-0.2, -0.15) is 4.31 Å². The molecule has 4 rings (SSSR count). The number of carbonyl (C=O) groups excluding carboxylic acids is 1. The summed E-state index contributed by atoms with van der Waals surface area (Å²) in [4.78, 5) is 16.2. The summed E-state index contributed by atoms with van der Waals surface area (Å²) < 4.78 is 27.7. The fraction of sp³-hybridized carbons (Fsp3) is 0.667. The molecule has 2 fully saturated rings. The summed E-state index contributed by atoms with van der Waals surface area (Å²) in [7, 11) is -3.44. The van der Waals surface area contributed by atoms with Gasteiger partial charge in [-0.25, -0.2) is 8.42 Å². The Bertz CT molecular complexity index is 823. The highest BCUT2D eigenvalue weighted by molar-refractivity contribution is 7.89. The highest BCUT2D eigenvalue weighted by Crippen LogP contribution is 2.26. The molecule has 154 valence electrons. The Hall–Kier alpha value is -1.44. The smallest absolute Gasteiger partial charge is 0.277 e. The molecule has 1 amide bonds. The van der Waals surface area contributed by atoms with E-state index in [0.29, 0.717) is 43.5 Å². The number of aryl methyl sites for hydroxylation is 2. The molecule has 3 aliphatic rings. The third-order valence-electron chi connectivity index (χ3n) is 6.67. The van der Waals surface area contributed by atoms with Crippen LogP contribution >= 0.6 is 0 Å². The van der Waals surface area contributed by atoms with Crippen LogP contribution in [0.25, 0.3) is 0 Å². The Morgan fingerprint density at radius 1 is 1.07 bits per heavy atom. The van der Waals surface area contributed by atoms with E-state index >= 15 is 0 Å². The predicted octanol–water partition coefficient (Wildman–Crippen LogP) is 0.323. The monoisotopic (exact) mass is 406 g/mol. The van der Waals surface area contributed by atoms with Crippen LogP contribution in [0.15, 0.2) is 23.1 Å². The highest BCUT2D eigenvalue weighted by atomic mass is 32.2. The first-order valence-electron chi connectivity index (χ1n) is 10.7. The van der Waals surface area contributed by atoms with Crippen LogP contribution < -0.4 is 4.90 Å². The van der Waals surface area contributed by atoms with Crippen molar-refractivity contribution in [2.75, 3.05) is 45.8 Å². The van der Waals surface area contributed by atoms with Crippen molar-refractivity contribution in [2.24, 2.45) is 5.92 Å². The number of quaternary nitrogens is 1. The zero-order valence-electron chi connectivity index (χ0n) is 16.8. The summed E-state index contributed by atoms with van der Waals surface area (Å²) in [5, 5.41) is 0. The van der Waals surface area contributed by atoms with Crippen molar-refractivity contribution in [3.8, 4) is 0 Å². The van der Waals surface area contributed by atoms with E-state index in [-0.39, 0.29) is 5.91 Å². The minimum atomic E-state index is -3.44. The van der Waals surface area contributed by atoms with E-state index in [1.54, 1.807) is 10.4 Å². The lowest BCUT2D eigenvalue weighted by molar-refractivity contribution is -0.896. The van der Waals surface area contributed by atoms with Crippen molar-refractivity contribution < 1.29 is 18.1 Å². The molecular formula is C21H32N3O3S+. The van der Waals surface area contributed by atoms with Crippen LogP contribution in [-0.2, 0) is 27.7 Å². The Morgan fingerprint density at radius 3 is 2.46 bits per heavy atom. The van der Waals surface area contributed by atoms with Gasteiger partial charge in [-0.05, 0) is 61.3 Å². The minimum Gasteiger partial charge on any atom is -0.338 e. The molecule has 0 bridgehead atoms. The number of nitrogens with one attached hydrogen (secondary N) is 1. The summed E-state index contributed by atoms with van der Waals surface area (Å²) in [5.41, 5.74) is 2.48. The van der Waals surface area contributed by atoms with Gasteiger partial charge in [-0.3, -0.25) is 4.79 Å². The van der Waals surface area contributed by atoms with E-state index in [4.69, 9.17) is 0 Å². The van der Waals surface area contributed by atoms with Crippen LogP contribution in [0.4, 0.5) is 0 Å². The number of carbonyl (C=O) groups is 1. The SMILES string of the molecule is CC1CCN(C(=O)C[NH+]2CCN(S(=O)(=O)c3ccc4c(c3)CCC4)CC2)CC1. The van der Waals surface area contributed by atoms with Crippen molar-refractivity contribution in [3.05, 3.63) is 29.3 Å². The maximum atomic E-state index is 13.0. The molecule has 1 N–H and O–H groups in total. The number of piperidine rings is 1. The lowest BCUT2D eigenvalue weighted by Crippen LogP contribution is -3.15. The molecule has 1 aromatic carbocycles. The molecule has 6 nitrogen and oxygen atoms in total. The lowest BCUT2D eigenvalue weighted by atomic mass is 9.99. The van der Waals surface area contributed by atoms with Crippen molar-refractivity contribution in [1.29, 1.82) is 0 Å². The third kappa shape index (κ3) is 4.11. The number of piperazine rings is 1. The second-order valence-corrected chi connectivity index (χ2v) is 10.6. The number of rotatable bonds is 4. The van der Waals surface area contributed by atoms with Crippen LogP contribution in [0.5, 0.6) is 0 Å². The number of hydrogen-bond acceptors (Lipinski definition) is 3. The molecule has 1 aliphatic carbocycles. The van der Waals surface area contributed by atoms with E-state index in [1.807, 2.05) is 17.0 Å². The van der Waals surface area contributed by atoms with Gasteiger partial charge in [-0.15, -0.1) is 0 Å². The van der Waals surface area contributed by atoms with Gasteiger partial charge in [-0.1, -0.05) is 13.0 Å². The van der Waals surface area contributed by atoms with Crippen molar-refractivity contribution in [2.45, 2.75) is 43.9 Å². The summed E-state index contributed by atoms with van der Waals surface area (Å²) in [5.74, 6) is 0.932. The quantitative estimate of drug-likeness (QED) is 0.784. The van der Waals surface area contributed by atoms with Crippen molar-refractivity contribution in [1.82, 2.24) is 9.21 Å². The molecule has 0 radical (unpaired) electrons. The molecule has 0 aromatic heterocycles. The summed E-state index contributed by atoms with van der Waals surface area (Å²) in [6.07, 6.45) is 5.34. The number of nitrogens with zero attached hydrogens (tertiary/aromatic N) is 2. The molecule has 7 heteroatoms. The van der Waals surface area contributed by atoms with Crippen molar-refractivity contribution in [3.63, 3.8) is 0 Å². The molecule has 0 spiro atoms. The fourth-order valence-electron chi connectivity index (χ4n) is 4.66. The maximum Gasteiger partial charge on any atom is 0.277 e. The number of hydrogen-bond donors (Lipinski definition) is 1. The number of amides is 1. The van der Waals surface area contributed by atoms with Gasteiger partial charge in [0.15, 0.2) is 6.54 Å². The molecule has 2 saturated heterocycles. The van der Waals surface area contributed by atoms with Gasteiger partial charge in [0.1, 0.15) is 0 Å². The number of benzene rings is 1. The average molecular weight is 407 g/mol. The van der Waals surface area contributed by atoms with Gasteiger partial charge in [0.2, 0.25) is 10.0 Å². The first-order chi connectivity index (χ1) is 13.4. The Balaban J connectivity index is 1.33. The van der Waals surface area contributed by atoms with E-state index < -0.39 is 10.0 Å². The number of sulfonamides is 1. The largest absolute Gasteiger partial charge is 0.338 e. The van der Waals surface area contributed by atoms with E-state index in [0.717, 1.165) is 45.2 Å². The van der Waals surface area contributed by atoms with Crippen LogP contribution in [0.2, 0.25) is 0 Å². The molecule has 0 unspecified atom stereocenters. The van der Waals surface area contributed by atoms with Crippen LogP contribution in [0.1, 0.15) is 37.3 Å². The topological polar surface area (TPSA) is 62.1 Å². The predicted molar refractivity (Wildman–Crippen MR) is 108 cm³/mol. The van der Waals surface area contributed by atoms with E-state index in [2.05, 4.69) is 6.92 Å². The molecule has 2 aliphatic heterocycles. The van der Waals surface area contributed by atoms with Gasteiger partial charge >= 0.3 is 0 Å². The first kappa shape index (κ1) is 19.9. The molecule has 28 heavy (non-hydrogen) atoms. The number of likely N-dealkylation sites (tertiary alicyclic amines) is 1. The zero-order chi connectivity index (χ0) is 19.7. The highest BCUT2D eigenvalue weighted by Gasteiger charge is 2.32. The second kappa shape index (κ2) is 8.13. The molecule has 0 atom stereocenters. The molecular weight excluding hydrogens is 374 g/mol. The van der Waals surface area contributed by atoms with Gasteiger partial charge in [0, 0.05) is 13.1 Å². The summed E-state index contributed by atoms with van der Waals surface area (Å²) in [6, 6.07) is 5.62. The minimum absolute atomic E-state index is 0.219. The van der Waals surface area contributed by atoms with Crippen LogP contribution in [-0.4, -0.2) is 69.3 Å². The first-order valence-corrected chi connectivity index (χ1v) is 12.1. The summed E-state index contributed by atoms with van der Waals surface area (Å²) >= 11 is 0. The normalized spacial score (nSPS) is 22.4. The van der Waals surface area contributed by atoms with Gasteiger partial charge in [0.05, 0.1) is 31.1 Å². The Kier molecular flexibility index (Phi) is 5.76. The Labute approximate surface area is 168 Å². The molecule has 0 saturated carbocycles. The lowest BCUT2D eigenvalue weighted by Gasteiger charge is -2.34. The maximum absolute atomic E-state index is 13.0. The Morgan fingerprint density at radius 2 is 1.75 bits per heavy atom. The fourth-order valence-corrected chi connectivity index (χ4v) is 6.15. The van der Waals surface area contributed by atoms with Gasteiger partial charge in [0.25, 0.3) is 5.91 Å². The zero-order valence-corrected chi connectivity index (χ0v) is 17.6. The molecule has 1 aromatic rings. The second-order valence-electron chi connectivity index (χ2n) is 8.68. The van der Waals surface area contributed by atoms with Gasteiger partial charge < -0.3 is 9.80 Å². The third-order valence-corrected chi connectivity index (χ3v) is 8.57. The average Bonchev–Trinajstić information content (AvgIpc) is 3.17. The molecule has 2 heterocycles. The summed E-state index contributed by atoms with van der Waals surface area (Å²) in [6.45, 7) is 6.82. The van der Waals surface area contributed by atoms with E-state index in [1.165, 1.54) is 16.0 Å². The van der Waals surface area contributed by atoms with Crippen LogP contribution in [0, 0.1) is 5.92 Å².